The second-order valence-electron chi connectivity index (χ2n) is 5.77. The van der Waals surface area contributed by atoms with Crippen LogP contribution in [-0.4, -0.2) is 18.1 Å². The molecule has 3 nitrogen and oxygen atoms in total. The molecule has 3 aromatic rings. The van der Waals surface area contributed by atoms with E-state index in [1.54, 1.807) is 23.6 Å². The average molecular weight is 355 g/mol. The molecule has 0 atom stereocenters. The number of rotatable bonds is 9. The smallest absolute Gasteiger partial charge is 0.131 e. The van der Waals surface area contributed by atoms with Crippen molar-refractivity contribution in [2.75, 3.05) is 18.4 Å². The third kappa shape index (κ3) is 5.37. The number of anilines is 1. The van der Waals surface area contributed by atoms with Gasteiger partial charge >= 0.3 is 0 Å². The van der Waals surface area contributed by atoms with Crippen molar-refractivity contribution < 1.29 is 4.39 Å². The molecule has 0 bridgehead atoms. The van der Waals surface area contributed by atoms with E-state index in [0.29, 0.717) is 5.56 Å². The van der Waals surface area contributed by atoms with Crippen molar-refractivity contribution in [2.45, 2.75) is 19.4 Å². The molecule has 0 aliphatic carbocycles. The maximum absolute atomic E-state index is 13.8. The summed E-state index contributed by atoms with van der Waals surface area (Å²) in [6.45, 7) is 2.72. The predicted molar refractivity (Wildman–Crippen MR) is 103 cm³/mol. The zero-order valence-electron chi connectivity index (χ0n) is 14.0. The van der Waals surface area contributed by atoms with Gasteiger partial charge in [0.2, 0.25) is 0 Å². The van der Waals surface area contributed by atoms with Gasteiger partial charge in [0.05, 0.1) is 0 Å². The topological polar surface area (TPSA) is 37.0 Å². The highest BCUT2D eigenvalue weighted by Crippen LogP contribution is 2.29. The average Bonchev–Trinajstić information content (AvgIpc) is 3.11. The number of nitrogens with zero attached hydrogens (tertiary/aromatic N) is 1. The van der Waals surface area contributed by atoms with Crippen LogP contribution >= 0.6 is 11.3 Å². The van der Waals surface area contributed by atoms with Gasteiger partial charge in [0.25, 0.3) is 0 Å². The Morgan fingerprint density at radius 3 is 2.60 bits per heavy atom. The van der Waals surface area contributed by atoms with Crippen LogP contribution in [0, 0.1) is 5.82 Å². The minimum atomic E-state index is -0.163. The first kappa shape index (κ1) is 17.6. The Morgan fingerprint density at radius 2 is 1.76 bits per heavy atom. The van der Waals surface area contributed by atoms with Crippen LogP contribution in [0.4, 0.5) is 10.2 Å². The van der Waals surface area contributed by atoms with Crippen LogP contribution in [0.2, 0.25) is 0 Å². The molecule has 2 aromatic heterocycles. The molecule has 25 heavy (non-hydrogen) atoms. The highest BCUT2D eigenvalue weighted by Gasteiger charge is 2.07. The maximum Gasteiger partial charge on any atom is 0.131 e. The lowest BCUT2D eigenvalue weighted by atomic mass is 10.2. The van der Waals surface area contributed by atoms with Crippen molar-refractivity contribution in [2.24, 2.45) is 0 Å². The summed E-state index contributed by atoms with van der Waals surface area (Å²) in [5, 5.41) is 6.76. The molecular formula is C20H22FN3S. The lowest BCUT2D eigenvalue weighted by molar-refractivity contribution is 0.631. The molecule has 0 aliphatic rings. The number of hydrogen-bond acceptors (Lipinski definition) is 4. The summed E-state index contributed by atoms with van der Waals surface area (Å²) in [5.74, 6) is 0.763. The molecule has 0 fully saturated rings. The van der Waals surface area contributed by atoms with Gasteiger partial charge in [0.15, 0.2) is 0 Å². The van der Waals surface area contributed by atoms with Gasteiger partial charge in [-0.1, -0.05) is 24.3 Å². The van der Waals surface area contributed by atoms with E-state index < -0.39 is 0 Å². The van der Waals surface area contributed by atoms with Gasteiger partial charge in [-0.25, -0.2) is 9.37 Å². The van der Waals surface area contributed by atoms with Gasteiger partial charge in [-0.2, -0.15) is 0 Å². The predicted octanol–water partition coefficient (Wildman–Crippen LogP) is 4.93. The Hall–Kier alpha value is -2.24. The van der Waals surface area contributed by atoms with E-state index in [0.717, 1.165) is 43.2 Å². The van der Waals surface area contributed by atoms with Crippen LogP contribution in [0.25, 0.3) is 10.4 Å². The van der Waals surface area contributed by atoms with Crippen molar-refractivity contribution in [3.05, 3.63) is 71.5 Å². The second kappa shape index (κ2) is 9.30. The maximum atomic E-state index is 13.8. The number of nitrogens with one attached hydrogen (secondary N) is 2. The summed E-state index contributed by atoms with van der Waals surface area (Å²) in [6, 6.07) is 16.9. The molecule has 0 aliphatic heterocycles. The molecule has 3 rings (SSSR count). The van der Waals surface area contributed by atoms with Crippen molar-refractivity contribution in [1.29, 1.82) is 0 Å². The Bertz CT molecular complexity index is 773. The van der Waals surface area contributed by atoms with Gasteiger partial charge in [-0.15, -0.1) is 11.3 Å². The molecule has 2 heterocycles. The number of pyridine rings is 1. The van der Waals surface area contributed by atoms with E-state index in [9.17, 15) is 4.39 Å². The van der Waals surface area contributed by atoms with Gasteiger partial charge in [0, 0.05) is 34.6 Å². The summed E-state index contributed by atoms with van der Waals surface area (Å²) in [6.07, 6.45) is 3.99. The molecule has 5 heteroatoms. The number of thiophene rings is 1. The Labute approximate surface area is 151 Å². The monoisotopic (exact) mass is 355 g/mol. The summed E-state index contributed by atoms with van der Waals surface area (Å²) in [4.78, 5) is 6.44. The SMILES string of the molecule is Fc1ccccc1-c1ccc(CNCCCCNc2ccccn2)s1. The summed E-state index contributed by atoms with van der Waals surface area (Å²) < 4.78 is 13.8. The number of halogens is 1. The normalized spacial score (nSPS) is 10.8. The molecule has 2 N–H and O–H groups in total. The first-order valence-corrected chi connectivity index (χ1v) is 9.34. The highest BCUT2D eigenvalue weighted by molar-refractivity contribution is 7.15. The van der Waals surface area contributed by atoms with Gasteiger partial charge in [-0.3, -0.25) is 0 Å². The summed E-state index contributed by atoms with van der Waals surface area (Å²) >= 11 is 1.64. The Morgan fingerprint density at radius 1 is 0.920 bits per heavy atom. The van der Waals surface area contributed by atoms with Crippen LogP contribution in [0.1, 0.15) is 17.7 Å². The summed E-state index contributed by atoms with van der Waals surface area (Å²) in [5.41, 5.74) is 0.680. The molecule has 0 spiro atoms. The fourth-order valence-electron chi connectivity index (χ4n) is 2.55. The molecule has 0 radical (unpaired) electrons. The van der Waals surface area contributed by atoms with E-state index in [1.807, 2.05) is 36.4 Å². The highest BCUT2D eigenvalue weighted by atomic mass is 32.1. The van der Waals surface area contributed by atoms with Crippen LogP contribution in [0.15, 0.2) is 60.8 Å². The second-order valence-corrected chi connectivity index (χ2v) is 6.94. The molecule has 130 valence electrons. The van der Waals surface area contributed by atoms with E-state index in [-0.39, 0.29) is 5.82 Å². The van der Waals surface area contributed by atoms with Gasteiger partial charge in [-0.05, 0) is 49.7 Å². The number of benzene rings is 1. The van der Waals surface area contributed by atoms with Gasteiger partial charge < -0.3 is 10.6 Å². The molecular weight excluding hydrogens is 333 g/mol. The molecule has 0 saturated heterocycles. The first-order chi connectivity index (χ1) is 12.3. The lowest BCUT2D eigenvalue weighted by Gasteiger charge is -2.06. The molecule has 0 amide bonds. The number of hydrogen-bond donors (Lipinski definition) is 2. The first-order valence-electron chi connectivity index (χ1n) is 8.52. The summed E-state index contributed by atoms with van der Waals surface area (Å²) in [7, 11) is 0. The fourth-order valence-corrected chi connectivity index (χ4v) is 3.55. The molecule has 1 aromatic carbocycles. The van der Waals surface area contributed by atoms with Crippen molar-refractivity contribution in [3.63, 3.8) is 0 Å². The van der Waals surface area contributed by atoms with Crippen molar-refractivity contribution in [1.82, 2.24) is 10.3 Å². The van der Waals surface area contributed by atoms with E-state index in [2.05, 4.69) is 21.7 Å². The number of unbranched alkanes of at least 4 members (excludes halogenated alkanes) is 1. The lowest BCUT2D eigenvalue weighted by Crippen LogP contribution is -2.15. The fraction of sp³-hybridized carbons (Fsp3) is 0.250. The molecule has 0 saturated carbocycles. The zero-order valence-corrected chi connectivity index (χ0v) is 14.9. The van der Waals surface area contributed by atoms with Crippen LogP contribution in [-0.2, 0) is 6.54 Å². The quantitative estimate of drug-likeness (QED) is 0.534. The van der Waals surface area contributed by atoms with Crippen molar-refractivity contribution in [3.8, 4) is 10.4 Å². The third-order valence-corrected chi connectivity index (χ3v) is 4.97. The Balaban J connectivity index is 1.34. The van der Waals surface area contributed by atoms with Crippen LogP contribution < -0.4 is 10.6 Å². The van der Waals surface area contributed by atoms with Gasteiger partial charge in [0.1, 0.15) is 11.6 Å². The Kier molecular flexibility index (Phi) is 6.54. The van der Waals surface area contributed by atoms with Crippen molar-refractivity contribution >= 4 is 17.2 Å². The van der Waals surface area contributed by atoms with E-state index >= 15 is 0 Å². The molecule has 0 unspecified atom stereocenters. The standard InChI is InChI=1S/C20H22FN3S/c21-18-8-2-1-7-17(18)19-11-10-16(25-19)15-22-12-5-6-14-24-20-9-3-4-13-23-20/h1-4,7-11,13,22H,5-6,12,14-15H2,(H,23,24). The third-order valence-electron chi connectivity index (χ3n) is 3.85. The van der Waals surface area contributed by atoms with Crippen LogP contribution in [0.3, 0.4) is 0 Å². The zero-order chi connectivity index (χ0) is 17.3. The van der Waals surface area contributed by atoms with E-state index in [4.69, 9.17) is 0 Å². The number of aromatic nitrogens is 1. The van der Waals surface area contributed by atoms with Crippen LogP contribution in [0.5, 0.6) is 0 Å². The van der Waals surface area contributed by atoms with E-state index in [1.165, 1.54) is 10.9 Å². The largest absolute Gasteiger partial charge is 0.370 e. The minimum Gasteiger partial charge on any atom is -0.370 e. The minimum absolute atomic E-state index is 0.163.